The van der Waals surface area contributed by atoms with E-state index in [1.54, 1.807) is 0 Å². The van der Waals surface area contributed by atoms with E-state index < -0.39 is 200 Å². The van der Waals surface area contributed by atoms with Gasteiger partial charge in [-0.05, 0) is 154 Å². The molecule has 13 aromatic carbocycles. The van der Waals surface area contributed by atoms with Gasteiger partial charge >= 0.3 is 0 Å². The van der Waals surface area contributed by atoms with E-state index in [2.05, 4.69) is 116 Å². The van der Waals surface area contributed by atoms with Crippen molar-refractivity contribution in [1.82, 2.24) is 9.13 Å². The minimum atomic E-state index is -1.67. The number of hydrogen-bond donors (Lipinski definition) is 0. The van der Waals surface area contributed by atoms with Gasteiger partial charge in [0.1, 0.15) is 0 Å². The summed E-state index contributed by atoms with van der Waals surface area (Å²) < 4.78 is 225. The molecule has 2 aromatic heterocycles. The molecule has 17 rings (SSSR count). The minimum absolute atomic E-state index is 0.145. The van der Waals surface area contributed by atoms with Crippen LogP contribution in [-0.2, 0) is 27.1 Å². The molecular weight excluding hydrogens is 1240 g/mol. The Labute approximate surface area is 640 Å². The second-order valence-corrected chi connectivity index (χ2v) is 32.4. The van der Waals surface area contributed by atoms with E-state index in [0.717, 1.165) is 31.4 Å². The molecule has 0 aliphatic carbocycles. The molecule has 2 aliphatic rings. The molecule has 2 aliphatic heterocycles. The first-order valence-corrected chi connectivity index (χ1v) is 35.3. The van der Waals surface area contributed by atoms with Crippen LogP contribution in [0.15, 0.2) is 279 Å². The molecule has 0 saturated carbocycles. The number of hydrogen-bond acceptors (Lipinski definition) is 2. The van der Waals surface area contributed by atoms with Gasteiger partial charge in [-0.15, -0.1) is 0 Å². The molecule has 0 amide bonds. The van der Waals surface area contributed by atoms with Crippen molar-refractivity contribution in [1.29, 1.82) is 0 Å². The van der Waals surface area contributed by atoms with Gasteiger partial charge in [0.15, 0.2) is 0 Å². The Bertz CT molecular complexity index is 6530. The third kappa shape index (κ3) is 10.6. The topological polar surface area (TPSA) is 16.3 Å². The van der Waals surface area contributed by atoms with Gasteiger partial charge in [-0.2, -0.15) is 0 Å². The molecule has 506 valence electrons. The predicted molar refractivity (Wildman–Crippen MR) is 444 cm³/mol. The molecule has 4 nitrogen and oxygen atoms in total. The average molecular weight is 1360 g/mol. The predicted octanol–water partition coefficient (Wildman–Crippen LogP) is 25.1. The summed E-state index contributed by atoms with van der Waals surface area (Å²) in [5.41, 5.74) is 3.97. The largest absolute Gasteiger partial charge is 0.310 e. The highest BCUT2D eigenvalue weighted by molar-refractivity contribution is 7.00. The summed E-state index contributed by atoms with van der Waals surface area (Å²) in [6.07, 6.45) is 0. The Morgan fingerprint density at radius 3 is 0.825 bits per heavy atom. The highest BCUT2D eigenvalue weighted by Gasteiger charge is 2.48. The Balaban J connectivity index is 1.23. The molecule has 0 fully saturated rings. The number of nitrogens with zero attached hydrogens (tertiary/aromatic N) is 4. The average Bonchev–Trinajstić information content (AvgIpc) is 1.35. The van der Waals surface area contributed by atoms with Crippen molar-refractivity contribution in [2.75, 3.05) is 9.80 Å². The maximum atomic E-state index is 12.0. The van der Waals surface area contributed by atoms with Gasteiger partial charge < -0.3 is 18.9 Å². The highest BCUT2D eigenvalue weighted by atomic mass is 15.2. The monoisotopic (exact) mass is 1360 g/mol. The minimum Gasteiger partial charge on any atom is -0.310 e. The third-order valence-corrected chi connectivity index (χ3v) is 20.5. The number of anilines is 6. The molecule has 0 spiro atoms. The van der Waals surface area contributed by atoms with Crippen molar-refractivity contribution in [3.05, 3.63) is 306 Å². The summed E-state index contributed by atoms with van der Waals surface area (Å²) in [4.78, 5) is 3.95. The molecule has 0 N–H and O–H groups in total. The van der Waals surface area contributed by atoms with Crippen molar-refractivity contribution in [3.63, 3.8) is 0 Å². The first-order valence-electron chi connectivity index (χ1n) is 46.3. The Kier molecular flexibility index (Phi) is 10.5. The van der Waals surface area contributed by atoms with E-state index in [0.29, 0.717) is 78.3 Å². The van der Waals surface area contributed by atoms with Crippen LogP contribution in [0.2, 0.25) is 0 Å². The fraction of sp³-hybridized carbons (Fsp3) is 0.204. The van der Waals surface area contributed by atoms with E-state index >= 15 is 0 Å². The Morgan fingerprint density at radius 2 is 0.563 bits per heavy atom. The van der Waals surface area contributed by atoms with Crippen molar-refractivity contribution in [3.8, 4) is 55.9 Å². The van der Waals surface area contributed by atoms with Gasteiger partial charge in [0, 0.05) is 77.9 Å². The lowest BCUT2D eigenvalue weighted by Crippen LogP contribution is -2.61. The molecule has 0 atom stereocenters. The van der Waals surface area contributed by atoms with Crippen molar-refractivity contribution < 1.29 is 30.2 Å². The molecule has 0 saturated heterocycles. The van der Waals surface area contributed by atoms with E-state index in [1.807, 2.05) is 143 Å². The van der Waals surface area contributed by atoms with E-state index in [-0.39, 0.29) is 43.8 Å². The summed E-state index contributed by atoms with van der Waals surface area (Å²) >= 11 is 0. The molecule has 4 heterocycles. The highest BCUT2D eigenvalue weighted by Crippen LogP contribution is 2.59. The lowest BCUT2D eigenvalue weighted by molar-refractivity contribution is 0.570. The fourth-order valence-electron chi connectivity index (χ4n) is 15.7. The summed E-state index contributed by atoms with van der Waals surface area (Å²) in [5.74, 6) is 0. The van der Waals surface area contributed by atoms with Crippen LogP contribution in [-0.4, -0.2) is 15.8 Å². The van der Waals surface area contributed by atoms with Gasteiger partial charge in [0.25, 0.3) is 6.71 Å². The van der Waals surface area contributed by atoms with Crippen LogP contribution < -0.4 is 26.2 Å². The van der Waals surface area contributed by atoms with E-state index in [4.69, 9.17) is 0 Å². The summed E-state index contributed by atoms with van der Waals surface area (Å²) in [5, 5.41) is -1.39. The maximum absolute atomic E-state index is 12.0. The third-order valence-electron chi connectivity index (χ3n) is 20.5. The number of para-hydroxylation sites is 4. The SMILES string of the molecule is [2H]c1c([2H])c(-n2c3c([2H])c([2H])c([2H])c([2H])c3c3c([2H])c([2H])c([2H])c([2H])c32)c([2H])c2c1B1c3c(cc(C(C)(C)C)cc3N(c3c(-c4ccccc4)c(C(C)(C)C)cc(C(C)(C)C)c3-c3ccccc3)c3c([2H])c(-n4c5c([2H])c([2H])c([2H])c([2H])c5c5c([2H])c([2H])c([2H])c([2H])c54)c([2H])c([2H])c31)N2c1c(-c2ccccc2)c(C(C)(C)C)cc(C(C)(C)C)c1-c1ccccc1. The van der Waals surface area contributed by atoms with Crippen molar-refractivity contribution in [2.24, 2.45) is 0 Å². The number of fused-ring (bicyclic) bond motifs is 10. The van der Waals surface area contributed by atoms with Crippen LogP contribution in [0, 0.1) is 0 Å². The summed E-state index contributed by atoms with van der Waals surface area (Å²) in [6.45, 7) is 29.9. The lowest BCUT2D eigenvalue weighted by Gasteiger charge is -2.48. The van der Waals surface area contributed by atoms with E-state index in [1.165, 1.54) is 0 Å². The molecular formula is C98H91BN4. The Hall–Kier alpha value is -10.9. The molecule has 103 heavy (non-hydrogen) atoms. The first-order chi connectivity index (χ1) is 58.5. The van der Waals surface area contributed by atoms with Crippen molar-refractivity contribution >= 4 is 101 Å². The van der Waals surface area contributed by atoms with Gasteiger partial charge in [0.05, 0.1) is 63.6 Å². The molecule has 0 radical (unpaired) electrons. The van der Waals surface area contributed by atoms with Crippen LogP contribution in [0.1, 0.15) is 162 Å². The first kappa shape index (κ1) is 45.2. The molecule has 15 aromatic rings. The van der Waals surface area contributed by atoms with Gasteiger partial charge in [0.2, 0.25) is 0 Å². The standard InChI is InChI=1S/C98H91BN4/c1-94(2,3)66-56-85-91-86(57-66)103(93-89(64-40-24-18-25-41-64)75(97(10,11)12)61-76(98(13,14)15)90(93)65-42-26-19-27-43-65)84-59-68(101-81-50-34-30-46-71(81)72-47-31-35-51-82(72)101)53-55-78(84)99(91)77-54-52-67(100-79-48-32-28-44-69(79)70-45-29-33-49-80(70)100)58-83(77)102(85)92-87(62-36-20-16-21-37-62)73(95(4,5)6)60-74(96(7,8)9)88(92)63-38-22-17-23-39-63/h16-61H,1-15H3/i28D,29D,30D,31D,32D,33D,34D,35D,44D,45D,46D,47D,48D,49D,50D,51D,52D,53D,54D,55D,58D,59D. The molecule has 0 bridgehead atoms. The van der Waals surface area contributed by atoms with Gasteiger partial charge in [-0.1, -0.05) is 322 Å². The van der Waals surface area contributed by atoms with Crippen molar-refractivity contribution in [2.45, 2.75) is 131 Å². The smallest absolute Gasteiger partial charge is 0.252 e. The molecule has 0 unspecified atom stereocenters. The van der Waals surface area contributed by atoms with Crippen LogP contribution in [0.25, 0.3) is 99.5 Å². The van der Waals surface area contributed by atoms with Crippen LogP contribution in [0.3, 0.4) is 0 Å². The lowest BCUT2D eigenvalue weighted by atomic mass is 9.33. The number of aromatic nitrogens is 2. The zero-order chi connectivity index (χ0) is 90.5. The van der Waals surface area contributed by atoms with Gasteiger partial charge in [-0.3, -0.25) is 0 Å². The quantitative estimate of drug-likeness (QED) is 0.141. The zero-order valence-corrected chi connectivity index (χ0v) is 60.7. The maximum Gasteiger partial charge on any atom is 0.252 e. The van der Waals surface area contributed by atoms with Crippen LogP contribution in [0.4, 0.5) is 34.1 Å². The van der Waals surface area contributed by atoms with Crippen LogP contribution in [0.5, 0.6) is 0 Å². The Morgan fingerprint density at radius 1 is 0.291 bits per heavy atom. The van der Waals surface area contributed by atoms with E-state index in [9.17, 15) is 30.2 Å². The second-order valence-electron chi connectivity index (χ2n) is 32.4. The normalized spacial score (nSPS) is 16.3. The van der Waals surface area contributed by atoms with Gasteiger partial charge in [-0.25, -0.2) is 0 Å². The summed E-state index contributed by atoms with van der Waals surface area (Å²) in [7, 11) is 0. The zero-order valence-electron chi connectivity index (χ0n) is 82.7. The summed E-state index contributed by atoms with van der Waals surface area (Å²) in [6, 6.07) is 32.1. The number of rotatable bonds is 8. The fourth-order valence-corrected chi connectivity index (χ4v) is 15.7. The second kappa shape index (κ2) is 23.9. The van der Waals surface area contributed by atoms with Crippen LogP contribution >= 0.6 is 0 Å². The molecule has 5 heteroatoms. The number of benzene rings is 13.